The van der Waals surface area contributed by atoms with Gasteiger partial charge in [-0.25, -0.2) is 4.39 Å². The minimum Gasteiger partial charge on any atom is -0.312 e. The Morgan fingerprint density at radius 1 is 1.26 bits per heavy atom. The van der Waals surface area contributed by atoms with Crippen molar-refractivity contribution in [2.45, 2.75) is 26.8 Å². The summed E-state index contributed by atoms with van der Waals surface area (Å²) >= 11 is 5.33. The third-order valence-corrected chi connectivity index (χ3v) is 5.22. The second-order valence-electron chi connectivity index (χ2n) is 4.61. The fraction of sp³-hybridized carbons (Fsp3) is 0.333. The summed E-state index contributed by atoms with van der Waals surface area (Å²) < 4.78 is 14.2. The third-order valence-electron chi connectivity index (χ3n) is 3.08. The molecule has 0 fully saturated rings. The van der Waals surface area contributed by atoms with Crippen LogP contribution in [-0.2, 0) is 13.0 Å². The molecular formula is C15H17BrFNS. The normalized spacial score (nSPS) is 10.9. The second-order valence-corrected chi connectivity index (χ2v) is 6.81. The summed E-state index contributed by atoms with van der Waals surface area (Å²) in [4.78, 5) is 2.64. The van der Waals surface area contributed by atoms with Gasteiger partial charge in [0.25, 0.3) is 0 Å². The lowest BCUT2D eigenvalue weighted by atomic mass is 10.1. The molecule has 0 aliphatic carbocycles. The van der Waals surface area contributed by atoms with Crippen molar-refractivity contribution < 1.29 is 4.39 Å². The highest BCUT2D eigenvalue weighted by atomic mass is 79.9. The molecule has 4 heteroatoms. The van der Waals surface area contributed by atoms with E-state index in [2.05, 4.69) is 34.2 Å². The number of thiophene rings is 1. The Bertz CT molecular complexity index is 546. The molecule has 0 radical (unpaired) electrons. The second kappa shape index (κ2) is 6.64. The predicted octanol–water partition coefficient (Wildman–Crippen LogP) is 4.60. The van der Waals surface area contributed by atoms with Crippen LogP contribution in [0.25, 0.3) is 0 Å². The third kappa shape index (κ3) is 4.13. The molecule has 2 aromatic rings. The molecule has 0 spiro atoms. The smallest absolute Gasteiger partial charge is 0.123 e. The Labute approximate surface area is 126 Å². The fourth-order valence-electron chi connectivity index (χ4n) is 1.98. The number of nitrogens with one attached hydrogen (secondary N) is 1. The molecule has 102 valence electrons. The average Bonchev–Trinajstić information content (AvgIpc) is 2.66. The lowest BCUT2D eigenvalue weighted by Gasteiger charge is -2.06. The van der Waals surface area contributed by atoms with Crippen LogP contribution in [0.2, 0.25) is 0 Å². The zero-order chi connectivity index (χ0) is 13.8. The van der Waals surface area contributed by atoms with E-state index >= 15 is 0 Å². The van der Waals surface area contributed by atoms with Crippen LogP contribution in [0.1, 0.15) is 20.9 Å². The van der Waals surface area contributed by atoms with Gasteiger partial charge in [0.15, 0.2) is 0 Å². The summed E-state index contributed by atoms with van der Waals surface area (Å²) in [5.41, 5.74) is 2.23. The molecule has 0 unspecified atom stereocenters. The SMILES string of the molecule is Cc1cc(F)ccc1CCNCc1cc(Br)c(C)s1. The number of hydrogen-bond acceptors (Lipinski definition) is 2. The van der Waals surface area contributed by atoms with Crippen LogP contribution in [0.5, 0.6) is 0 Å². The van der Waals surface area contributed by atoms with Crippen molar-refractivity contribution in [2.75, 3.05) is 6.54 Å². The number of aryl methyl sites for hydroxylation is 2. The molecule has 0 saturated carbocycles. The van der Waals surface area contributed by atoms with Gasteiger partial charge in [-0.15, -0.1) is 11.3 Å². The van der Waals surface area contributed by atoms with Gasteiger partial charge >= 0.3 is 0 Å². The largest absolute Gasteiger partial charge is 0.312 e. The van der Waals surface area contributed by atoms with Crippen LogP contribution >= 0.6 is 27.3 Å². The molecule has 0 amide bonds. The van der Waals surface area contributed by atoms with Crippen molar-refractivity contribution >= 4 is 27.3 Å². The van der Waals surface area contributed by atoms with Gasteiger partial charge in [0.2, 0.25) is 0 Å². The maximum Gasteiger partial charge on any atom is 0.123 e. The molecule has 2 rings (SSSR count). The molecule has 0 bridgehead atoms. The van der Waals surface area contributed by atoms with Crippen molar-refractivity contribution in [1.82, 2.24) is 5.32 Å². The van der Waals surface area contributed by atoms with Crippen LogP contribution < -0.4 is 5.32 Å². The summed E-state index contributed by atoms with van der Waals surface area (Å²) in [5, 5.41) is 3.43. The predicted molar refractivity (Wildman–Crippen MR) is 83.3 cm³/mol. The molecule has 1 N–H and O–H groups in total. The van der Waals surface area contributed by atoms with E-state index in [1.54, 1.807) is 17.4 Å². The van der Waals surface area contributed by atoms with Crippen LogP contribution in [0.3, 0.4) is 0 Å². The topological polar surface area (TPSA) is 12.0 Å². The minimum atomic E-state index is -0.159. The summed E-state index contributed by atoms with van der Waals surface area (Å²) in [6, 6.07) is 7.16. The van der Waals surface area contributed by atoms with E-state index in [9.17, 15) is 4.39 Å². The van der Waals surface area contributed by atoms with Gasteiger partial charge < -0.3 is 5.32 Å². The van der Waals surface area contributed by atoms with Crippen LogP contribution in [0, 0.1) is 19.7 Å². The van der Waals surface area contributed by atoms with Crippen molar-refractivity contribution in [3.8, 4) is 0 Å². The molecule has 19 heavy (non-hydrogen) atoms. The van der Waals surface area contributed by atoms with Crippen molar-refractivity contribution in [3.05, 3.63) is 55.4 Å². The van der Waals surface area contributed by atoms with Gasteiger partial charge in [-0.3, -0.25) is 0 Å². The first-order valence-corrected chi connectivity index (χ1v) is 7.88. The average molecular weight is 342 g/mol. The van der Waals surface area contributed by atoms with Crippen LogP contribution in [-0.4, -0.2) is 6.54 Å². The van der Waals surface area contributed by atoms with Gasteiger partial charge in [0.1, 0.15) is 5.82 Å². The van der Waals surface area contributed by atoms with Crippen molar-refractivity contribution in [2.24, 2.45) is 0 Å². The number of hydrogen-bond donors (Lipinski definition) is 1. The van der Waals surface area contributed by atoms with E-state index in [1.807, 2.05) is 13.0 Å². The first-order chi connectivity index (χ1) is 9.06. The summed E-state index contributed by atoms with van der Waals surface area (Å²) in [6.07, 6.45) is 0.928. The Morgan fingerprint density at radius 3 is 2.68 bits per heavy atom. The highest BCUT2D eigenvalue weighted by Crippen LogP contribution is 2.26. The van der Waals surface area contributed by atoms with Crippen molar-refractivity contribution in [3.63, 3.8) is 0 Å². The number of halogens is 2. The Kier molecular flexibility index (Phi) is 5.13. The molecule has 1 aromatic carbocycles. The zero-order valence-corrected chi connectivity index (χ0v) is 13.5. The maximum atomic E-state index is 13.0. The summed E-state index contributed by atoms with van der Waals surface area (Å²) in [5.74, 6) is -0.159. The molecule has 1 heterocycles. The molecule has 0 saturated heterocycles. The number of benzene rings is 1. The first kappa shape index (κ1) is 14.7. The Morgan fingerprint density at radius 2 is 2.05 bits per heavy atom. The van der Waals surface area contributed by atoms with Gasteiger partial charge in [-0.1, -0.05) is 6.07 Å². The van der Waals surface area contributed by atoms with E-state index in [-0.39, 0.29) is 5.82 Å². The summed E-state index contributed by atoms with van der Waals surface area (Å²) in [6.45, 7) is 5.86. The summed E-state index contributed by atoms with van der Waals surface area (Å²) in [7, 11) is 0. The van der Waals surface area contributed by atoms with Gasteiger partial charge in [-0.05, 0) is 72.1 Å². The van der Waals surface area contributed by atoms with E-state index in [1.165, 1.54) is 25.9 Å². The van der Waals surface area contributed by atoms with Gasteiger partial charge in [-0.2, -0.15) is 0 Å². The van der Waals surface area contributed by atoms with E-state index in [4.69, 9.17) is 0 Å². The highest BCUT2D eigenvalue weighted by Gasteiger charge is 2.03. The lowest BCUT2D eigenvalue weighted by molar-refractivity contribution is 0.624. The van der Waals surface area contributed by atoms with E-state index in [0.29, 0.717) is 0 Å². The lowest BCUT2D eigenvalue weighted by Crippen LogP contribution is -2.16. The van der Waals surface area contributed by atoms with Crippen LogP contribution in [0.4, 0.5) is 4.39 Å². The molecule has 1 nitrogen and oxygen atoms in total. The van der Waals surface area contributed by atoms with Crippen LogP contribution in [0.15, 0.2) is 28.7 Å². The Balaban J connectivity index is 1.80. The minimum absolute atomic E-state index is 0.159. The fourth-order valence-corrected chi connectivity index (χ4v) is 3.55. The zero-order valence-electron chi connectivity index (χ0n) is 11.1. The monoisotopic (exact) mass is 341 g/mol. The molecule has 0 aliphatic rings. The molecule has 0 atom stereocenters. The van der Waals surface area contributed by atoms with E-state index in [0.717, 1.165) is 25.1 Å². The standard InChI is InChI=1S/C15H17BrFNS/c1-10-7-13(17)4-3-12(10)5-6-18-9-14-8-15(16)11(2)19-14/h3-4,7-8,18H,5-6,9H2,1-2H3. The van der Waals surface area contributed by atoms with Crippen molar-refractivity contribution in [1.29, 1.82) is 0 Å². The quantitative estimate of drug-likeness (QED) is 0.783. The maximum absolute atomic E-state index is 13.0. The number of rotatable bonds is 5. The van der Waals surface area contributed by atoms with E-state index < -0.39 is 0 Å². The molecule has 0 aliphatic heterocycles. The molecule has 1 aromatic heterocycles. The first-order valence-electron chi connectivity index (χ1n) is 6.27. The van der Waals surface area contributed by atoms with Gasteiger partial charge in [0, 0.05) is 20.8 Å². The molecular weight excluding hydrogens is 325 g/mol. The Hall–Kier alpha value is -0.710. The highest BCUT2D eigenvalue weighted by molar-refractivity contribution is 9.10. The van der Waals surface area contributed by atoms with Gasteiger partial charge in [0.05, 0.1) is 0 Å².